The Morgan fingerprint density at radius 3 is 2.94 bits per heavy atom. The summed E-state index contributed by atoms with van der Waals surface area (Å²) < 4.78 is 5.60. The lowest BCUT2D eigenvalue weighted by Crippen LogP contribution is -2.48. The molecule has 0 saturated carbocycles. The number of nitrogens with zero attached hydrogens (tertiary/aromatic N) is 1. The van der Waals surface area contributed by atoms with Crippen molar-refractivity contribution in [1.29, 1.82) is 0 Å². The smallest absolute Gasteiger partial charge is 0.0700 e. The normalized spacial score (nSPS) is 28.4. The second-order valence-corrected chi connectivity index (χ2v) is 5.26. The third-order valence-corrected chi connectivity index (χ3v) is 3.91. The van der Waals surface area contributed by atoms with Gasteiger partial charge in [0.2, 0.25) is 0 Å². The molecule has 2 fully saturated rings. The fourth-order valence-corrected chi connectivity index (χ4v) is 2.68. The molecule has 2 saturated heterocycles. The molecule has 0 amide bonds. The van der Waals surface area contributed by atoms with Crippen molar-refractivity contribution in [3.63, 3.8) is 0 Å². The van der Waals surface area contributed by atoms with Crippen molar-refractivity contribution in [2.24, 2.45) is 0 Å². The summed E-state index contributed by atoms with van der Waals surface area (Å²) in [5.41, 5.74) is 0. The van der Waals surface area contributed by atoms with Gasteiger partial charge < -0.3 is 15.4 Å². The molecule has 100 valence electrons. The van der Waals surface area contributed by atoms with E-state index in [4.69, 9.17) is 4.74 Å². The van der Waals surface area contributed by atoms with Gasteiger partial charge in [-0.1, -0.05) is 0 Å². The SMILES string of the molecule is CC(CCNCC1CCCO1)N1CCNCC1. The summed E-state index contributed by atoms with van der Waals surface area (Å²) in [4.78, 5) is 2.59. The van der Waals surface area contributed by atoms with E-state index in [9.17, 15) is 0 Å². The van der Waals surface area contributed by atoms with Gasteiger partial charge in [0.1, 0.15) is 0 Å². The summed E-state index contributed by atoms with van der Waals surface area (Å²) in [6.07, 6.45) is 4.20. The van der Waals surface area contributed by atoms with Crippen LogP contribution in [-0.4, -0.2) is 62.9 Å². The van der Waals surface area contributed by atoms with Gasteiger partial charge in [0.25, 0.3) is 0 Å². The Labute approximate surface area is 105 Å². The summed E-state index contributed by atoms with van der Waals surface area (Å²) in [5, 5.41) is 6.93. The molecule has 0 spiro atoms. The predicted octanol–water partition coefficient (Wildman–Crippen LogP) is 0.439. The van der Waals surface area contributed by atoms with Gasteiger partial charge in [0.05, 0.1) is 6.10 Å². The van der Waals surface area contributed by atoms with E-state index in [0.29, 0.717) is 12.1 Å². The Morgan fingerprint density at radius 1 is 1.41 bits per heavy atom. The monoisotopic (exact) mass is 241 g/mol. The van der Waals surface area contributed by atoms with Gasteiger partial charge in [-0.2, -0.15) is 0 Å². The zero-order chi connectivity index (χ0) is 11.9. The van der Waals surface area contributed by atoms with E-state index < -0.39 is 0 Å². The molecule has 17 heavy (non-hydrogen) atoms. The molecule has 2 rings (SSSR count). The van der Waals surface area contributed by atoms with Gasteiger partial charge in [-0.15, -0.1) is 0 Å². The second-order valence-electron chi connectivity index (χ2n) is 5.26. The number of ether oxygens (including phenoxy) is 1. The third-order valence-electron chi connectivity index (χ3n) is 3.91. The lowest BCUT2D eigenvalue weighted by Gasteiger charge is -2.32. The highest BCUT2D eigenvalue weighted by Gasteiger charge is 2.17. The van der Waals surface area contributed by atoms with Crippen LogP contribution in [-0.2, 0) is 4.74 Å². The van der Waals surface area contributed by atoms with Crippen LogP contribution < -0.4 is 10.6 Å². The van der Waals surface area contributed by atoms with Crippen molar-refractivity contribution in [2.75, 3.05) is 45.9 Å². The molecule has 0 aromatic rings. The number of nitrogens with one attached hydrogen (secondary N) is 2. The van der Waals surface area contributed by atoms with Crippen LogP contribution in [0.25, 0.3) is 0 Å². The summed E-state index contributed by atoms with van der Waals surface area (Å²) in [6.45, 7) is 10.2. The summed E-state index contributed by atoms with van der Waals surface area (Å²) in [6, 6.07) is 0.703. The van der Waals surface area contributed by atoms with Crippen LogP contribution in [0.4, 0.5) is 0 Å². The van der Waals surface area contributed by atoms with Gasteiger partial charge in [-0.3, -0.25) is 4.90 Å². The lowest BCUT2D eigenvalue weighted by molar-refractivity contribution is 0.109. The average Bonchev–Trinajstić information content (AvgIpc) is 2.88. The van der Waals surface area contributed by atoms with Gasteiger partial charge in [0, 0.05) is 45.4 Å². The molecule has 2 aliphatic rings. The molecule has 0 aromatic carbocycles. The quantitative estimate of drug-likeness (QED) is 0.662. The first-order chi connectivity index (χ1) is 8.36. The van der Waals surface area contributed by atoms with Crippen molar-refractivity contribution in [1.82, 2.24) is 15.5 Å². The standard InChI is InChI=1S/C13H27N3O/c1-12(16-8-6-14-7-9-16)4-5-15-11-13-3-2-10-17-13/h12-15H,2-11H2,1H3. The summed E-state index contributed by atoms with van der Waals surface area (Å²) in [7, 11) is 0. The van der Waals surface area contributed by atoms with Crippen LogP contribution in [0.2, 0.25) is 0 Å². The second kappa shape index (κ2) is 7.31. The molecule has 0 radical (unpaired) electrons. The maximum absolute atomic E-state index is 5.60. The largest absolute Gasteiger partial charge is 0.377 e. The minimum atomic E-state index is 0.476. The first-order valence-corrected chi connectivity index (χ1v) is 7.13. The number of hydrogen-bond acceptors (Lipinski definition) is 4. The Hall–Kier alpha value is -0.160. The Morgan fingerprint density at radius 2 is 2.24 bits per heavy atom. The van der Waals surface area contributed by atoms with Crippen molar-refractivity contribution in [3.8, 4) is 0 Å². The highest BCUT2D eigenvalue weighted by Crippen LogP contribution is 2.10. The Balaban J connectivity index is 1.51. The van der Waals surface area contributed by atoms with Crippen LogP contribution in [0, 0.1) is 0 Å². The van der Waals surface area contributed by atoms with Crippen molar-refractivity contribution in [3.05, 3.63) is 0 Å². The zero-order valence-corrected chi connectivity index (χ0v) is 11.1. The summed E-state index contributed by atoms with van der Waals surface area (Å²) in [5.74, 6) is 0. The van der Waals surface area contributed by atoms with Gasteiger partial charge >= 0.3 is 0 Å². The van der Waals surface area contributed by atoms with Crippen LogP contribution >= 0.6 is 0 Å². The van der Waals surface area contributed by atoms with E-state index in [2.05, 4.69) is 22.5 Å². The fourth-order valence-electron chi connectivity index (χ4n) is 2.68. The van der Waals surface area contributed by atoms with Crippen LogP contribution in [0.15, 0.2) is 0 Å². The molecule has 2 N–H and O–H groups in total. The molecule has 4 heteroatoms. The highest BCUT2D eigenvalue weighted by molar-refractivity contribution is 4.75. The third kappa shape index (κ3) is 4.54. The molecule has 0 aromatic heterocycles. The van der Waals surface area contributed by atoms with Crippen LogP contribution in [0.1, 0.15) is 26.2 Å². The van der Waals surface area contributed by atoms with Gasteiger partial charge in [-0.05, 0) is 32.7 Å². The highest BCUT2D eigenvalue weighted by atomic mass is 16.5. The Kier molecular flexibility index (Phi) is 5.71. The first kappa shape index (κ1) is 13.3. The predicted molar refractivity (Wildman–Crippen MR) is 70.4 cm³/mol. The molecule has 2 aliphatic heterocycles. The van der Waals surface area contributed by atoms with E-state index in [1.54, 1.807) is 0 Å². The molecule has 2 heterocycles. The van der Waals surface area contributed by atoms with Crippen LogP contribution in [0.3, 0.4) is 0 Å². The number of piperazine rings is 1. The van der Waals surface area contributed by atoms with Gasteiger partial charge in [0.15, 0.2) is 0 Å². The van der Waals surface area contributed by atoms with Gasteiger partial charge in [-0.25, -0.2) is 0 Å². The molecule has 0 aliphatic carbocycles. The van der Waals surface area contributed by atoms with Crippen molar-refractivity contribution in [2.45, 2.75) is 38.3 Å². The van der Waals surface area contributed by atoms with E-state index >= 15 is 0 Å². The molecule has 4 nitrogen and oxygen atoms in total. The molecule has 2 unspecified atom stereocenters. The zero-order valence-electron chi connectivity index (χ0n) is 11.1. The van der Waals surface area contributed by atoms with Crippen molar-refractivity contribution >= 4 is 0 Å². The molecule has 2 atom stereocenters. The average molecular weight is 241 g/mol. The van der Waals surface area contributed by atoms with E-state index in [-0.39, 0.29) is 0 Å². The number of hydrogen-bond donors (Lipinski definition) is 2. The van der Waals surface area contributed by atoms with Crippen molar-refractivity contribution < 1.29 is 4.74 Å². The Bertz CT molecular complexity index is 201. The van der Waals surface area contributed by atoms with E-state index in [1.807, 2.05) is 0 Å². The maximum atomic E-state index is 5.60. The van der Waals surface area contributed by atoms with E-state index in [0.717, 1.165) is 32.8 Å². The molecular formula is C13H27N3O. The first-order valence-electron chi connectivity index (χ1n) is 7.13. The molecular weight excluding hydrogens is 214 g/mol. The van der Waals surface area contributed by atoms with Crippen LogP contribution in [0.5, 0.6) is 0 Å². The fraction of sp³-hybridized carbons (Fsp3) is 1.00. The topological polar surface area (TPSA) is 36.5 Å². The number of rotatable bonds is 6. The minimum absolute atomic E-state index is 0.476. The van der Waals surface area contributed by atoms with E-state index in [1.165, 1.54) is 32.4 Å². The summed E-state index contributed by atoms with van der Waals surface area (Å²) >= 11 is 0. The maximum Gasteiger partial charge on any atom is 0.0700 e. The molecule has 0 bridgehead atoms. The lowest BCUT2D eigenvalue weighted by atomic mass is 10.1. The minimum Gasteiger partial charge on any atom is -0.377 e.